The molecular weight excluding hydrogens is 578 g/mol. The van der Waals surface area contributed by atoms with Gasteiger partial charge in [0.2, 0.25) is 11.7 Å². The van der Waals surface area contributed by atoms with E-state index in [1.165, 1.54) is 12.0 Å². The van der Waals surface area contributed by atoms with Crippen LogP contribution in [0.25, 0.3) is 11.4 Å². The lowest BCUT2D eigenvalue weighted by molar-refractivity contribution is -0.123. The van der Waals surface area contributed by atoms with Crippen LogP contribution < -0.4 is 20.1 Å². The number of rotatable bonds is 4. The number of aryl methyl sites for hydroxylation is 2. The first-order chi connectivity index (χ1) is 21.6. The quantitative estimate of drug-likeness (QED) is 0.352. The molecule has 13 nitrogen and oxygen atoms in total. The monoisotopic (exact) mass is 615 g/mol. The summed E-state index contributed by atoms with van der Waals surface area (Å²) in [5.74, 6) is 0.917. The number of nitrogens with zero attached hydrogens (tertiary/aromatic N) is 5. The van der Waals surface area contributed by atoms with Crippen LogP contribution in [0.5, 0.6) is 11.5 Å². The van der Waals surface area contributed by atoms with Gasteiger partial charge in [0.05, 0.1) is 25.4 Å². The second-order valence-electron chi connectivity index (χ2n) is 11.0. The summed E-state index contributed by atoms with van der Waals surface area (Å²) in [6.07, 6.45) is 0. The van der Waals surface area contributed by atoms with Gasteiger partial charge in [0.15, 0.2) is 29.0 Å². The topological polar surface area (TPSA) is 154 Å². The SMILES string of the molecule is COc1ccc2cc1OCCn1nc(-c3ccccc3)nc1[C@@H](C(C)C)NC(=O)CN(C(=O)c1oc(C)nc1C)CCNC2=O. The van der Waals surface area contributed by atoms with Gasteiger partial charge >= 0.3 is 0 Å². The third-order valence-corrected chi connectivity index (χ3v) is 7.37. The Morgan fingerprint density at radius 3 is 2.51 bits per heavy atom. The first-order valence-electron chi connectivity index (χ1n) is 14.8. The van der Waals surface area contributed by atoms with Crippen molar-refractivity contribution >= 4 is 17.7 Å². The zero-order valence-electron chi connectivity index (χ0n) is 26.0. The van der Waals surface area contributed by atoms with Crippen molar-refractivity contribution in [1.29, 1.82) is 0 Å². The molecule has 2 N–H and O–H groups in total. The molecule has 0 spiro atoms. The molecule has 4 aromatic rings. The molecule has 1 atom stereocenters. The average molecular weight is 616 g/mol. The molecule has 1 aliphatic rings. The Kier molecular flexibility index (Phi) is 9.45. The van der Waals surface area contributed by atoms with Crippen LogP contribution in [0.15, 0.2) is 52.9 Å². The number of methoxy groups -OCH3 is 1. The number of carbonyl (C=O) groups is 3. The van der Waals surface area contributed by atoms with Crippen molar-refractivity contribution in [2.45, 2.75) is 40.3 Å². The number of carbonyl (C=O) groups excluding carboxylic acids is 3. The molecule has 3 amide bonds. The van der Waals surface area contributed by atoms with Gasteiger partial charge in [0.25, 0.3) is 11.8 Å². The number of oxazole rings is 1. The normalized spacial score (nSPS) is 16.3. The maximum Gasteiger partial charge on any atom is 0.292 e. The first-order valence-corrected chi connectivity index (χ1v) is 14.8. The number of hydrogen-bond acceptors (Lipinski definition) is 9. The Morgan fingerprint density at radius 2 is 1.82 bits per heavy atom. The van der Waals surface area contributed by atoms with E-state index >= 15 is 0 Å². The summed E-state index contributed by atoms with van der Waals surface area (Å²) >= 11 is 0. The number of nitrogens with one attached hydrogen (secondary N) is 2. The molecule has 45 heavy (non-hydrogen) atoms. The lowest BCUT2D eigenvalue weighted by Crippen LogP contribution is -2.46. The van der Waals surface area contributed by atoms with E-state index in [2.05, 4.69) is 15.6 Å². The van der Waals surface area contributed by atoms with Crippen molar-refractivity contribution in [3.05, 3.63) is 77.3 Å². The van der Waals surface area contributed by atoms with Crippen LogP contribution in [-0.2, 0) is 11.3 Å². The van der Waals surface area contributed by atoms with Gasteiger partial charge in [-0.3, -0.25) is 14.4 Å². The molecule has 1 aliphatic heterocycles. The Labute approximate surface area is 260 Å². The maximum atomic E-state index is 13.6. The Bertz CT molecular complexity index is 1680. The molecule has 236 valence electrons. The molecule has 0 aliphatic carbocycles. The highest BCUT2D eigenvalue weighted by Gasteiger charge is 2.29. The zero-order chi connectivity index (χ0) is 32.1. The number of fused-ring (bicyclic) bond motifs is 3. The highest BCUT2D eigenvalue weighted by molar-refractivity contribution is 5.96. The van der Waals surface area contributed by atoms with Gasteiger partial charge in [-0.25, -0.2) is 14.6 Å². The fourth-order valence-electron chi connectivity index (χ4n) is 5.09. The van der Waals surface area contributed by atoms with Gasteiger partial charge in [-0.05, 0) is 31.0 Å². The average Bonchev–Trinajstić information content (AvgIpc) is 3.60. The van der Waals surface area contributed by atoms with E-state index in [1.54, 1.807) is 36.7 Å². The zero-order valence-corrected chi connectivity index (χ0v) is 26.0. The minimum Gasteiger partial charge on any atom is -0.493 e. The summed E-state index contributed by atoms with van der Waals surface area (Å²) in [6, 6.07) is 13.9. The summed E-state index contributed by atoms with van der Waals surface area (Å²) in [5.41, 5.74) is 1.59. The molecule has 2 aromatic heterocycles. The highest BCUT2D eigenvalue weighted by Crippen LogP contribution is 2.29. The van der Waals surface area contributed by atoms with Crippen LogP contribution >= 0.6 is 0 Å². The second-order valence-corrected chi connectivity index (χ2v) is 11.0. The van der Waals surface area contributed by atoms with Crippen molar-refractivity contribution in [1.82, 2.24) is 35.3 Å². The highest BCUT2D eigenvalue weighted by atomic mass is 16.5. The number of amides is 3. The van der Waals surface area contributed by atoms with Gasteiger partial charge in [-0.1, -0.05) is 44.2 Å². The van der Waals surface area contributed by atoms with Gasteiger partial charge < -0.3 is 29.4 Å². The van der Waals surface area contributed by atoms with Crippen LogP contribution in [0.4, 0.5) is 0 Å². The lowest BCUT2D eigenvalue weighted by atomic mass is 10.0. The van der Waals surface area contributed by atoms with Crippen LogP contribution in [0.1, 0.15) is 58.2 Å². The van der Waals surface area contributed by atoms with E-state index in [9.17, 15) is 14.4 Å². The van der Waals surface area contributed by atoms with Gasteiger partial charge in [0.1, 0.15) is 13.2 Å². The summed E-state index contributed by atoms with van der Waals surface area (Å²) in [6.45, 7) is 7.57. The van der Waals surface area contributed by atoms with Crippen molar-refractivity contribution in [2.75, 3.05) is 33.4 Å². The van der Waals surface area contributed by atoms with Gasteiger partial charge in [-0.2, -0.15) is 5.10 Å². The van der Waals surface area contributed by atoms with E-state index in [-0.39, 0.29) is 43.8 Å². The third kappa shape index (κ3) is 7.14. The summed E-state index contributed by atoms with van der Waals surface area (Å²) < 4.78 is 18.9. The smallest absolute Gasteiger partial charge is 0.292 e. The fourth-order valence-corrected chi connectivity index (χ4v) is 5.09. The molecule has 13 heteroatoms. The number of aromatic nitrogens is 4. The first kappa shape index (κ1) is 31.2. The van der Waals surface area contributed by atoms with E-state index in [4.69, 9.17) is 24.0 Å². The molecule has 3 heterocycles. The number of hydrogen-bond donors (Lipinski definition) is 2. The predicted octanol–water partition coefficient (Wildman–Crippen LogP) is 3.34. The predicted molar refractivity (Wildman–Crippen MR) is 164 cm³/mol. The van der Waals surface area contributed by atoms with E-state index in [0.29, 0.717) is 46.8 Å². The van der Waals surface area contributed by atoms with Gasteiger partial charge in [-0.15, -0.1) is 0 Å². The maximum absolute atomic E-state index is 13.6. The summed E-state index contributed by atoms with van der Waals surface area (Å²) in [4.78, 5) is 50.6. The molecule has 0 fully saturated rings. The van der Waals surface area contributed by atoms with Gasteiger partial charge in [0, 0.05) is 31.1 Å². The van der Waals surface area contributed by atoms with Crippen molar-refractivity contribution in [3.8, 4) is 22.9 Å². The molecule has 0 unspecified atom stereocenters. The fraction of sp³-hybridized carbons (Fsp3) is 0.375. The third-order valence-electron chi connectivity index (χ3n) is 7.37. The summed E-state index contributed by atoms with van der Waals surface area (Å²) in [7, 11) is 1.53. The molecular formula is C32H37N7O6. The van der Waals surface area contributed by atoms with E-state index < -0.39 is 17.9 Å². The molecule has 0 radical (unpaired) electrons. The minimum atomic E-state index is -0.540. The van der Waals surface area contributed by atoms with Crippen LogP contribution in [0.3, 0.4) is 0 Å². The molecule has 2 bridgehead atoms. The lowest BCUT2D eigenvalue weighted by Gasteiger charge is -2.25. The minimum absolute atomic E-state index is 0.0391. The van der Waals surface area contributed by atoms with Crippen LogP contribution in [-0.4, -0.2) is 75.7 Å². The Morgan fingerprint density at radius 1 is 1.04 bits per heavy atom. The largest absolute Gasteiger partial charge is 0.493 e. The standard InChI is InChI=1S/C32H37N7O6/c1-19(2)27-30-36-29(22-9-7-6-8-10-22)37-39(30)15-16-44-25-17-23(11-12-24(25)43-5)31(41)33-13-14-38(18-26(40)35-27)32(42)28-20(3)34-21(4)45-28/h6-12,17,19,27H,13-16,18H2,1-5H3,(H,33,41)(H,35,40)/t27-/m1/s1. The second kappa shape index (κ2) is 13.6. The van der Waals surface area contributed by atoms with Crippen LogP contribution in [0, 0.1) is 19.8 Å². The van der Waals surface area contributed by atoms with E-state index in [0.717, 1.165) is 5.56 Å². The number of benzene rings is 2. The number of ether oxygens (including phenoxy) is 2. The Hall–Kier alpha value is -5.20. The van der Waals surface area contributed by atoms with Crippen molar-refractivity contribution in [2.24, 2.45) is 5.92 Å². The Balaban J connectivity index is 1.53. The van der Waals surface area contributed by atoms with E-state index in [1.807, 2.05) is 44.2 Å². The van der Waals surface area contributed by atoms with Crippen LogP contribution in [0.2, 0.25) is 0 Å². The van der Waals surface area contributed by atoms with Crippen molar-refractivity contribution in [3.63, 3.8) is 0 Å². The summed E-state index contributed by atoms with van der Waals surface area (Å²) in [5, 5.41) is 10.7. The molecule has 5 rings (SSSR count). The molecule has 2 aromatic carbocycles. The molecule has 0 saturated heterocycles. The molecule has 0 saturated carbocycles. The van der Waals surface area contributed by atoms with Crippen molar-refractivity contribution < 1.29 is 28.3 Å².